The standard InChI is InChI=1S/C15H22N2/c1-12-9-14(10-12)17-8-7-16-15(11-17)13-5-3-2-4-6-13/h2-6,12,14-16H,7-11H2,1H3. The van der Waals surface area contributed by atoms with Crippen LogP contribution in [-0.4, -0.2) is 30.6 Å². The van der Waals surface area contributed by atoms with Crippen LogP contribution in [0.1, 0.15) is 31.4 Å². The summed E-state index contributed by atoms with van der Waals surface area (Å²) >= 11 is 0. The number of benzene rings is 1. The molecule has 1 aliphatic carbocycles. The van der Waals surface area contributed by atoms with Crippen molar-refractivity contribution in [3.8, 4) is 0 Å². The van der Waals surface area contributed by atoms with Crippen molar-refractivity contribution in [1.82, 2.24) is 10.2 Å². The molecule has 1 saturated carbocycles. The van der Waals surface area contributed by atoms with Gasteiger partial charge in [0.15, 0.2) is 0 Å². The summed E-state index contributed by atoms with van der Waals surface area (Å²) in [6.07, 6.45) is 2.81. The zero-order valence-electron chi connectivity index (χ0n) is 10.6. The predicted molar refractivity (Wildman–Crippen MR) is 70.9 cm³/mol. The number of nitrogens with one attached hydrogen (secondary N) is 1. The average molecular weight is 230 g/mol. The number of piperazine rings is 1. The summed E-state index contributed by atoms with van der Waals surface area (Å²) in [5.74, 6) is 0.949. The van der Waals surface area contributed by atoms with E-state index >= 15 is 0 Å². The monoisotopic (exact) mass is 230 g/mol. The van der Waals surface area contributed by atoms with Crippen LogP contribution in [0, 0.1) is 5.92 Å². The third-order valence-electron chi connectivity index (χ3n) is 4.27. The van der Waals surface area contributed by atoms with Gasteiger partial charge in [-0.2, -0.15) is 0 Å². The molecule has 1 aromatic carbocycles. The lowest BCUT2D eigenvalue weighted by atomic mass is 9.80. The smallest absolute Gasteiger partial charge is 0.0449 e. The molecule has 0 bridgehead atoms. The van der Waals surface area contributed by atoms with Gasteiger partial charge in [0.2, 0.25) is 0 Å². The third kappa shape index (κ3) is 2.38. The van der Waals surface area contributed by atoms with E-state index < -0.39 is 0 Å². The number of hydrogen-bond acceptors (Lipinski definition) is 2. The highest BCUT2D eigenvalue weighted by Crippen LogP contribution is 2.32. The molecule has 1 N–H and O–H groups in total. The molecule has 0 radical (unpaired) electrons. The van der Waals surface area contributed by atoms with Crippen LogP contribution in [0.2, 0.25) is 0 Å². The van der Waals surface area contributed by atoms with Crippen LogP contribution >= 0.6 is 0 Å². The highest BCUT2D eigenvalue weighted by Gasteiger charge is 2.33. The summed E-state index contributed by atoms with van der Waals surface area (Å²) in [5.41, 5.74) is 1.43. The molecule has 0 spiro atoms. The first-order valence-electron chi connectivity index (χ1n) is 6.85. The summed E-state index contributed by atoms with van der Waals surface area (Å²) in [6, 6.07) is 12.2. The molecule has 1 unspecified atom stereocenters. The van der Waals surface area contributed by atoms with E-state index in [0.717, 1.165) is 18.5 Å². The van der Waals surface area contributed by atoms with Gasteiger partial charge in [-0.1, -0.05) is 37.3 Å². The fourth-order valence-electron chi connectivity index (χ4n) is 3.17. The van der Waals surface area contributed by atoms with E-state index in [1.54, 1.807) is 0 Å². The molecular formula is C15H22N2. The number of hydrogen-bond donors (Lipinski definition) is 1. The topological polar surface area (TPSA) is 15.3 Å². The van der Waals surface area contributed by atoms with Crippen molar-refractivity contribution in [2.75, 3.05) is 19.6 Å². The Morgan fingerprint density at radius 2 is 1.94 bits per heavy atom. The van der Waals surface area contributed by atoms with E-state index in [4.69, 9.17) is 0 Å². The second kappa shape index (κ2) is 4.79. The van der Waals surface area contributed by atoms with Crippen molar-refractivity contribution in [1.29, 1.82) is 0 Å². The van der Waals surface area contributed by atoms with E-state index in [1.165, 1.54) is 31.5 Å². The summed E-state index contributed by atoms with van der Waals surface area (Å²) in [6.45, 7) is 5.90. The molecule has 17 heavy (non-hydrogen) atoms. The van der Waals surface area contributed by atoms with E-state index in [0.29, 0.717) is 6.04 Å². The minimum atomic E-state index is 0.529. The fraction of sp³-hybridized carbons (Fsp3) is 0.600. The molecule has 2 fully saturated rings. The lowest BCUT2D eigenvalue weighted by molar-refractivity contribution is 0.0598. The van der Waals surface area contributed by atoms with E-state index in [2.05, 4.69) is 47.5 Å². The van der Waals surface area contributed by atoms with Crippen LogP contribution < -0.4 is 5.32 Å². The van der Waals surface area contributed by atoms with Gasteiger partial charge in [-0.3, -0.25) is 4.90 Å². The van der Waals surface area contributed by atoms with Gasteiger partial charge < -0.3 is 5.32 Å². The van der Waals surface area contributed by atoms with Gasteiger partial charge in [-0.25, -0.2) is 0 Å². The second-order valence-electron chi connectivity index (χ2n) is 5.64. The molecule has 1 atom stereocenters. The van der Waals surface area contributed by atoms with E-state index in [1.807, 2.05) is 0 Å². The Bertz CT molecular complexity index is 356. The van der Waals surface area contributed by atoms with Gasteiger partial charge >= 0.3 is 0 Å². The summed E-state index contributed by atoms with van der Waals surface area (Å²) < 4.78 is 0. The van der Waals surface area contributed by atoms with Gasteiger partial charge in [-0.05, 0) is 24.3 Å². The fourth-order valence-corrected chi connectivity index (χ4v) is 3.17. The van der Waals surface area contributed by atoms with Crippen LogP contribution in [-0.2, 0) is 0 Å². The Morgan fingerprint density at radius 1 is 1.18 bits per heavy atom. The minimum Gasteiger partial charge on any atom is -0.308 e. The summed E-state index contributed by atoms with van der Waals surface area (Å²) in [7, 11) is 0. The van der Waals surface area contributed by atoms with Crippen LogP contribution in [0.3, 0.4) is 0 Å². The maximum atomic E-state index is 3.64. The van der Waals surface area contributed by atoms with E-state index in [-0.39, 0.29) is 0 Å². The van der Waals surface area contributed by atoms with Crippen molar-refractivity contribution < 1.29 is 0 Å². The molecule has 3 rings (SSSR count). The highest BCUT2D eigenvalue weighted by molar-refractivity contribution is 5.20. The van der Waals surface area contributed by atoms with Crippen LogP contribution in [0.4, 0.5) is 0 Å². The molecular weight excluding hydrogens is 208 g/mol. The molecule has 0 aromatic heterocycles. The van der Waals surface area contributed by atoms with Crippen LogP contribution in [0.5, 0.6) is 0 Å². The maximum Gasteiger partial charge on any atom is 0.0449 e. The summed E-state index contributed by atoms with van der Waals surface area (Å²) in [5, 5.41) is 3.64. The Hall–Kier alpha value is -0.860. The normalized spacial score (nSPS) is 34.3. The number of nitrogens with zero attached hydrogens (tertiary/aromatic N) is 1. The van der Waals surface area contributed by atoms with Gasteiger partial charge in [0.25, 0.3) is 0 Å². The Morgan fingerprint density at radius 3 is 2.65 bits per heavy atom. The van der Waals surface area contributed by atoms with Crippen LogP contribution in [0.25, 0.3) is 0 Å². The first kappa shape index (κ1) is 11.2. The Labute approximate surface area is 104 Å². The number of rotatable bonds is 2. The van der Waals surface area contributed by atoms with Crippen molar-refractivity contribution in [2.24, 2.45) is 5.92 Å². The first-order chi connectivity index (χ1) is 8.33. The van der Waals surface area contributed by atoms with Crippen molar-refractivity contribution in [3.05, 3.63) is 35.9 Å². The van der Waals surface area contributed by atoms with Crippen molar-refractivity contribution in [3.63, 3.8) is 0 Å². The molecule has 92 valence electrons. The Kier molecular flexibility index (Phi) is 3.17. The van der Waals surface area contributed by atoms with Crippen molar-refractivity contribution >= 4 is 0 Å². The zero-order chi connectivity index (χ0) is 11.7. The van der Waals surface area contributed by atoms with Gasteiger partial charge in [0.1, 0.15) is 0 Å². The summed E-state index contributed by atoms with van der Waals surface area (Å²) in [4.78, 5) is 2.69. The minimum absolute atomic E-state index is 0.529. The zero-order valence-corrected chi connectivity index (χ0v) is 10.6. The third-order valence-corrected chi connectivity index (χ3v) is 4.27. The second-order valence-corrected chi connectivity index (χ2v) is 5.64. The lowest BCUT2D eigenvalue weighted by Crippen LogP contribution is -2.53. The molecule has 2 heteroatoms. The molecule has 1 heterocycles. The average Bonchev–Trinajstić information content (AvgIpc) is 2.36. The van der Waals surface area contributed by atoms with Crippen molar-refractivity contribution in [2.45, 2.75) is 31.8 Å². The quantitative estimate of drug-likeness (QED) is 0.839. The largest absolute Gasteiger partial charge is 0.308 e. The Balaban J connectivity index is 1.64. The van der Waals surface area contributed by atoms with Crippen LogP contribution in [0.15, 0.2) is 30.3 Å². The molecule has 2 nitrogen and oxygen atoms in total. The molecule has 1 aliphatic heterocycles. The molecule has 2 aliphatic rings. The van der Waals surface area contributed by atoms with E-state index in [9.17, 15) is 0 Å². The SMILES string of the molecule is CC1CC(N2CCNC(c3ccccc3)C2)C1. The highest BCUT2D eigenvalue weighted by atomic mass is 15.2. The molecule has 1 aromatic rings. The molecule has 0 amide bonds. The van der Waals surface area contributed by atoms with Gasteiger partial charge in [0.05, 0.1) is 0 Å². The predicted octanol–water partition coefficient (Wildman–Crippen LogP) is 2.43. The van der Waals surface area contributed by atoms with Gasteiger partial charge in [0, 0.05) is 31.7 Å². The van der Waals surface area contributed by atoms with Gasteiger partial charge in [-0.15, -0.1) is 0 Å². The maximum absolute atomic E-state index is 3.64. The lowest BCUT2D eigenvalue weighted by Gasteiger charge is -2.45. The first-order valence-corrected chi connectivity index (χ1v) is 6.85. The molecule has 1 saturated heterocycles.